The first-order valence-corrected chi connectivity index (χ1v) is 11.0. The van der Waals surface area contributed by atoms with Crippen LogP contribution in [0, 0.1) is 17.4 Å². The van der Waals surface area contributed by atoms with E-state index in [9.17, 15) is 22.8 Å². The summed E-state index contributed by atoms with van der Waals surface area (Å²) >= 11 is 2.19. The van der Waals surface area contributed by atoms with E-state index in [2.05, 4.69) is 48.5 Å². The van der Waals surface area contributed by atoms with Gasteiger partial charge in [-0.25, -0.2) is 0 Å². The summed E-state index contributed by atoms with van der Waals surface area (Å²) in [4.78, 5) is 28.0. The minimum Gasteiger partial charge on any atom is -0.484 e. The maximum Gasteiger partial charge on any atom is 0.416 e. The van der Waals surface area contributed by atoms with Crippen molar-refractivity contribution in [2.45, 2.75) is 26.6 Å². The number of halogens is 4. The van der Waals surface area contributed by atoms with Crippen LogP contribution in [0.4, 0.5) is 13.2 Å². The number of nitrogens with zero attached hydrogens (tertiary/aromatic N) is 4. The van der Waals surface area contributed by atoms with Crippen LogP contribution in [-0.4, -0.2) is 51.4 Å². The monoisotopic (exact) mass is 592 g/mol. The Kier molecular flexibility index (Phi) is 8.11. The molecule has 0 aliphatic rings. The van der Waals surface area contributed by atoms with Crippen molar-refractivity contribution < 1.29 is 32.0 Å². The van der Waals surface area contributed by atoms with Crippen LogP contribution in [0.3, 0.4) is 0 Å². The van der Waals surface area contributed by atoms with E-state index in [4.69, 9.17) is 9.26 Å². The zero-order valence-electron chi connectivity index (χ0n) is 18.1. The fourth-order valence-corrected chi connectivity index (χ4v) is 3.18. The topological polar surface area (TPSA) is 124 Å². The second kappa shape index (κ2) is 10.8. The molecule has 34 heavy (non-hydrogen) atoms. The predicted octanol–water partition coefficient (Wildman–Crippen LogP) is 2.48. The maximum atomic E-state index is 12.7. The number of nitrogens with one attached hydrogen (secondary N) is 2. The molecule has 3 aromatic rings. The standard InChI is InChI=1S/C20H20F3IN6O4/c1-11-17(24)12(2)30(28-11)9-15-27-19(34-29-15)18(32)26-7-6-25-16(31)10-33-14-5-3-4-13(8-14)20(21,22)23/h3-5,8H,6-7,9-10H2,1-2H3,(H,25,31)(H,26,32). The van der Waals surface area contributed by atoms with Gasteiger partial charge in [0.1, 0.15) is 12.3 Å². The highest BCUT2D eigenvalue weighted by atomic mass is 127. The number of hydrogen-bond acceptors (Lipinski definition) is 7. The Bertz CT molecular complexity index is 1180. The third kappa shape index (κ3) is 6.68. The first kappa shape index (κ1) is 25.5. The minimum atomic E-state index is -4.51. The number of rotatable bonds is 9. The summed E-state index contributed by atoms with van der Waals surface area (Å²) in [5, 5.41) is 13.1. The summed E-state index contributed by atoms with van der Waals surface area (Å²) < 4.78 is 50.9. The van der Waals surface area contributed by atoms with E-state index in [0.29, 0.717) is 0 Å². The molecule has 0 saturated heterocycles. The largest absolute Gasteiger partial charge is 0.484 e. The average molecular weight is 592 g/mol. The van der Waals surface area contributed by atoms with Crippen LogP contribution in [0.15, 0.2) is 28.8 Å². The molecule has 0 saturated carbocycles. The highest BCUT2D eigenvalue weighted by Crippen LogP contribution is 2.31. The number of aromatic nitrogens is 4. The Morgan fingerprint density at radius 1 is 1.21 bits per heavy atom. The molecule has 14 heteroatoms. The van der Waals surface area contributed by atoms with Crippen LogP contribution in [0.5, 0.6) is 5.75 Å². The van der Waals surface area contributed by atoms with E-state index in [1.807, 2.05) is 13.8 Å². The highest BCUT2D eigenvalue weighted by Gasteiger charge is 2.30. The number of alkyl halides is 3. The Hall–Kier alpha value is -3.17. The molecule has 2 amide bonds. The second-order valence-electron chi connectivity index (χ2n) is 7.08. The smallest absolute Gasteiger partial charge is 0.416 e. The maximum absolute atomic E-state index is 12.7. The molecule has 0 aliphatic heterocycles. The summed E-state index contributed by atoms with van der Waals surface area (Å²) in [6, 6.07) is 4.22. The first-order chi connectivity index (χ1) is 16.0. The normalized spacial score (nSPS) is 11.4. The quantitative estimate of drug-likeness (QED) is 0.289. The van der Waals surface area contributed by atoms with E-state index < -0.39 is 30.2 Å². The van der Waals surface area contributed by atoms with Gasteiger partial charge in [-0.15, -0.1) is 0 Å². The summed E-state index contributed by atoms with van der Waals surface area (Å²) in [6.45, 7) is 3.68. The molecule has 2 heterocycles. The van der Waals surface area contributed by atoms with Crippen LogP contribution in [0.2, 0.25) is 0 Å². The zero-order chi connectivity index (χ0) is 24.9. The second-order valence-corrected chi connectivity index (χ2v) is 8.16. The predicted molar refractivity (Wildman–Crippen MR) is 120 cm³/mol. The highest BCUT2D eigenvalue weighted by molar-refractivity contribution is 14.1. The molecule has 2 N–H and O–H groups in total. The van der Waals surface area contributed by atoms with Gasteiger partial charge in [0.05, 0.1) is 14.8 Å². The number of carbonyl (C=O) groups excluding carboxylic acids is 2. The van der Waals surface area contributed by atoms with Crippen LogP contribution >= 0.6 is 22.6 Å². The van der Waals surface area contributed by atoms with Gasteiger partial charge < -0.3 is 19.9 Å². The molecule has 10 nitrogen and oxygen atoms in total. The molecule has 0 aliphatic carbocycles. The van der Waals surface area contributed by atoms with E-state index in [0.717, 1.165) is 27.1 Å². The number of benzene rings is 1. The summed E-state index contributed by atoms with van der Waals surface area (Å²) in [7, 11) is 0. The number of amides is 2. The fourth-order valence-electron chi connectivity index (χ4n) is 2.79. The fraction of sp³-hybridized carbons (Fsp3) is 0.350. The summed E-state index contributed by atoms with van der Waals surface area (Å²) in [5.41, 5.74) is 0.949. The lowest BCUT2D eigenvalue weighted by Crippen LogP contribution is -2.36. The first-order valence-electron chi connectivity index (χ1n) is 9.91. The average Bonchev–Trinajstić information content (AvgIpc) is 3.35. The number of ether oxygens (including phenoxy) is 1. The molecule has 3 rings (SSSR count). The summed E-state index contributed by atoms with van der Waals surface area (Å²) in [6.07, 6.45) is -4.51. The van der Waals surface area contributed by atoms with Crippen LogP contribution in [-0.2, 0) is 17.5 Å². The molecule has 0 atom stereocenters. The van der Waals surface area contributed by atoms with Gasteiger partial charge in [0.25, 0.3) is 5.91 Å². The van der Waals surface area contributed by atoms with Gasteiger partial charge >= 0.3 is 18.0 Å². The van der Waals surface area contributed by atoms with Crippen molar-refractivity contribution in [3.63, 3.8) is 0 Å². The number of carbonyl (C=O) groups is 2. The lowest BCUT2D eigenvalue weighted by atomic mass is 10.2. The molecule has 0 radical (unpaired) electrons. The van der Waals surface area contributed by atoms with E-state index in [1.54, 1.807) is 4.68 Å². The lowest BCUT2D eigenvalue weighted by Gasteiger charge is -2.10. The van der Waals surface area contributed by atoms with Crippen LogP contribution < -0.4 is 15.4 Å². The molecule has 2 aromatic heterocycles. The van der Waals surface area contributed by atoms with E-state index >= 15 is 0 Å². The lowest BCUT2D eigenvalue weighted by molar-refractivity contribution is -0.137. The van der Waals surface area contributed by atoms with Gasteiger partial charge in [-0.1, -0.05) is 11.2 Å². The van der Waals surface area contributed by atoms with Crippen molar-refractivity contribution in [1.29, 1.82) is 0 Å². The Morgan fingerprint density at radius 2 is 1.94 bits per heavy atom. The Labute approximate surface area is 205 Å². The Balaban J connectivity index is 1.39. The molecule has 0 unspecified atom stereocenters. The third-order valence-corrected chi connectivity index (χ3v) is 6.07. The molecule has 0 spiro atoms. The van der Waals surface area contributed by atoms with Crippen molar-refractivity contribution in [1.82, 2.24) is 30.6 Å². The van der Waals surface area contributed by atoms with Crippen molar-refractivity contribution in [2.24, 2.45) is 0 Å². The zero-order valence-corrected chi connectivity index (χ0v) is 20.2. The third-order valence-electron chi connectivity index (χ3n) is 4.51. The number of hydrogen-bond donors (Lipinski definition) is 2. The molecule has 1 aromatic carbocycles. The van der Waals surface area contributed by atoms with Gasteiger partial charge in [-0.05, 0) is 54.6 Å². The molecule has 182 valence electrons. The van der Waals surface area contributed by atoms with E-state index in [-0.39, 0.29) is 37.1 Å². The Morgan fingerprint density at radius 3 is 2.62 bits per heavy atom. The van der Waals surface area contributed by atoms with Crippen molar-refractivity contribution in [3.05, 3.63) is 56.5 Å². The van der Waals surface area contributed by atoms with Gasteiger partial charge in [0, 0.05) is 18.8 Å². The molecule has 0 bridgehead atoms. The summed E-state index contributed by atoms with van der Waals surface area (Å²) in [5.74, 6) is -1.21. The van der Waals surface area contributed by atoms with Gasteiger partial charge in [-0.2, -0.15) is 23.3 Å². The minimum absolute atomic E-state index is 0.0570. The van der Waals surface area contributed by atoms with Gasteiger partial charge in [0.2, 0.25) is 0 Å². The molecular weight excluding hydrogens is 572 g/mol. The van der Waals surface area contributed by atoms with Crippen molar-refractivity contribution in [2.75, 3.05) is 19.7 Å². The van der Waals surface area contributed by atoms with E-state index in [1.165, 1.54) is 12.1 Å². The molecule has 0 fully saturated rings. The van der Waals surface area contributed by atoms with Gasteiger partial charge in [-0.3, -0.25) is 14.3 Å². The van der Waals surface area contributed by atoms with Crippen LogP contribution in [0.1, 0.15) is 33.5 Å². The SMILES string of the molecule is Cc1nn(Cc2noc(C(=O)NCCNC(=O)COc3cccc(C(F)(F)F)c3)n2)c(C)c1I. The van der Waals surface area contributed by atoms with Gasteiger partial charge in [0.15, 0.2) is 12.4 Å². The van der Waals surface area contributed by atoms with Crippen molar-refractivity contribution in [3.8, 4) is 5.75 Å². The number of aryl methyl sites for hydroxylation is 1. The molecular formula is C20H20F3IN6O4. The van der Waals surface area contributed by atoms with Crippen molar-refractivity contribution >= 4 is 34.4 Å². The van der Waals surface area contributed by atoms with Crippen LogP contribution in [0.25, 0.3) is 0 Å².